The quantitative estimate of drug-likeness (QED) is 0.802. The van der Waals surface area contributed by atoms with E-state index in [0.29, 0.717) is 23.6 Å². The molecule has 3 heterocycles. The summed E-state index contributed by atoms with van der Waals surface area (Å²) in [5, 5.41) is 5.73. The average Bonchev–Trinajstić information content (AvgIpc) is 3.16. The van der Waals surface area contributed by atoms with Crippen molar-refractivity contribution in [3.8, 4) is 11.5 Å². The molecule has 0 bridgehead atoms. The summed E-state index contributed by atoms with van der Waals surface area (Å²) >= 11 is 1.54. The Hall–Kier alpha value is -2.47. The third kappa shape index (κ3) is 3.07. The highest BCUT2D eigenvalue weighted by Crippen LogP contribution is 2.19. The number of aryl methyl sites for hydroxylation is 2. The van der Waals surface area contributed by atoms with Gasteiger partial charge in [0.25, 0.3) is 5.91 Å². The van der Waals surface area contributed by atoms with Gasteiger partial charge in [0, 0.05) is 11.1 Å². The summed E-state index contributed by atoms with van der Waals surface area (Å²) in [4.78, 5) is 21.0. The largest absolute Gasteiger partial charge is 0.463 e. The monoisotopic (exact) mass is 313 g/mol. The van der Waals surface area contributed by atoms with E-state index in [9.17, 15) is 4.79 Å². The van der Waals surface area contributed by atoms with Crippen LogP contribution in [0.15, 0.2) is 40.3 Å². The zero-order valence-corrected chi connectivity index (χ0v) is 13.1. The van der Waals surface area contributed by atoms with Gasteiger partial charge in [0.2, 0.25) is 0 Å². The van der Waals surface area contributed by atoms with Gasteiger partial charge in [0.15, 0.2) is 5.76 Å². The summed E-state index contributed by atoms with van der Waals surface area (Å²) in [6.45, 7) is 4.18. The Morgan fingerprint density at radius 1 is 1.27 bits per heavy atom. The lowest BCUT2D eigenvalue weighted by atomic mass is 10.1. The molecule has 0 fully saturated rings. The molecule has 0 saturated heterocycles. The van der Waals surface area contributed by atoms with Gasteiger partial charge in [-0.3, -0.25) is 4.79 Å². The van der Waals surface area contributed by atoms with E-state index in [1.807, 2.05) is 31.4 Å². The summed E-state index contributed by atoms with van der Waals surface area (Å²) in [5.74, 6) is 0.539. The molecule has 3 aromatic heterocycles. The van der Waals surface area contributed by atoms with Gasteiger partial charge in [-0.05, 0) is 38.1 Å². The fourth-order valence-corrected chi connectivity index (χ4v) is 2.81. The first kappa shape index (κ1) is 14.5. The van der Waals surface area contributed by atoms with Crippen molar-refractivity contribution >= 4 is 17.2 Å². The second-order valence-corrected chi connectivity index (χ2v) is 5.81. The van der Waals surface area contributed by atoms with E-state index in [1.54, 1.807) is 18.4 Å². The van der Waals surface area contributed by atoms with Gasteiger partial charge in [-0.15, -0.1) is 11.3 Å². The van der Waals surface area contributed by atoms with Crippen molar-refractivity contribution < 1.29 is 9.21 Å². The fourth-order valence-electron chi connectivity index (χ4n) is 2.10. The molecular weight excluding hydrogens is 298 g/mol. The summed E-state index contributed by atoms with van der Waals surface area (Å²) in [6, 6.07) is 7.20. The number of aromatic nitrogens is 2. The maximum atomic E-state index is 12.2. The van der Waals surface area contributed by atoms with Crippen LogP contribution in [0.2, 0.25) is 0 Å². The molecule has 3 rings (SSSR count). The molecular formula is C16H15N3O2S. The normalized spacial score (nSPS) is 10.6. The summed E-state index contributed by atoms with van der Waals surface area (Å²) in [6.07, 6.45) is 1.60. The lowest BCUT2D eigenvalue weighted by molar-refractivity contribution is 0.0950. The molecule has 6 heteroatoms. The maximum absolute atomic E-state index is 12.2. The van der Waals surface area contributed by atoms with Crippen LogP contribution in [-0.2, 0) is 6.54 Å². The smallest absolute Gasteiger partial charge is 0.253 e. The number of furan rings is 1. The molecule has 0 aliphatic carbocycles. The molecule has 0 atom stereocenters. The highest BCUT2D eigenvalue weighted by atomic mass is 32.1. The number of amides is 1. The standard InChI is InChI=1S/C16H15N3O2S/c1-10-9-22-15(18-10)8-17-16(20)12-5-6-13(19-11(12)2)14-4-3-7-21-14/h3-7,9H,8H2,1-2H3,(H,17,20). The molecule has 3 aromatic rings. The van der Waals surface area contributed by atoms with E-state index in [-0.39, 0.29) is 5.91 Å². The molecule has 0 aromatic carbocycles. The van der Waals surface area contributed by atoms with E-state index >= 15 is 0 Å². The second-order valence-electron chi connectivity index (χ2n) is 4.87. The number of hydrogen-bond donors (Lipinski definition) is 1. The molecule has 1 N–H and O–H groups in total. The van der Waals surface area contributed by atoms with Crippen molar-refractivity contribution in [3.05, 3.63) is 57.9 Å². The van der Waals surface area contributed by atoms with Crippen LogP contribution in [-0.4, -0.2) is 15.9 Å². The number of carbonyl (C=O) groups is 1. The Morgan fingerprint density at radius 2 is 2.14 bits per heavy atom. The Kier molecular flexibility index (Phi) is 4.02. The number of nitrogens with one attached hydrogen (secondary N) is 1. The van der Waals surface area contributed by atoms with Crippen molar-refractivity contribution in [2.24, 2.45) is 0 Å². The number of thiazole rings is 1. The summed E-state index contributed by atoms with van der Waals surface area (Å²) in [7, 11) is 0. The zero-order valence-electron chi connectivity index (χ0n) is 12.3. The molecule has 5 nitrogen and oxygen atoms in total. The van der Waals surface area contributed by atoms with Gasteiger partial charge < -0.3 is 9.73 Å². The predicted molar refractivity (Wildman–Crippen MR) is 84.7 cm³/mol. The lowest BCUT2D eigenvalue weighted by Crippen LogP contribution is -2.24. The zero-order chi connectivity index (χ0) is 15.5. The summed E-state index contributed by atoms with van der Waals surface area (Å²) in [5.41, 5.74) is 2.91. The van der Waals surface area contributed by atoms with E-state index in [4.69, 9.17) is 4.42 Å². The van der Waals surface area contributed by atoms with Crippen molar-refractivity contribution in [1.82, 2.24) is 15.3 Å². The Bertz CT molecular complexity index is 794. The predicted octanol–water partition coefficient (Wildman–Crippen LogP) is 3.34. The highest BCUT2D eigenvalue weighted by Gasteiger charge is 2.12. The number of hydrogen-bond acceptors (Lipinski definition) is 5. The van der Waals surface area contributed by atoms with E-state index in [0.717, 1.165) is 16.4 Å². The van der Waals surface area contributed by atoms with Crippen LogP contribution in [0.4, 0.5) is 0 Å². The number of rotatable bonds is 4. The first-order valence-electron chi connectivity index (χ1n) is 6.84. The van der Waals surface area contributed by atoms with Crippen LogP contribution in [0.5, 0.6) is 0 Å². The fraction of sp³-hybridized carbons (Fsp3) is 0.188. The molecule has 0 radical (unpaired) electrons. The van der Waals surface area contributed by atoms with E-state index in [2.05, 4.69) is 15.3 Å². The van der Waals surface area contributed by atoms with Crippen LogP contribution < -0.4 is 5.32 Å². The first-order chi connectivity index (χ1) is 10.6. The van der Waals surface area contributed by atoms with E-state index in [1.165, 1.54) is 11.3 Å². The third-order valence-corrected chi connectivity index (χ3v) is 4.14. The minimum absolute atomic E-state index is 0.149. The summed E-state index contributed by atoms with van der Waals surface area (Å²) < 4.78 is 5.31. The van der Waals surface area contributed by atoms with Crippen molar-refractivity contribution in [2.75, 3.05) is 0 Å². The molecule has 0 aliphatic heterocycles. The van der Waals surface area contributed by atoms with Crippen molar-refractivity contribution in [3.63, 3.8) is 0 Å². The molecule has 112 valence electrons. The van der Waals surface area contributed by atoms with Crippen LogP contribution in [0, 0.1) is 13.8 Å². The lowest BCUT2D eigenvalue weighted by Gasteiger charge is -2.07. The molecule has 0 spiro atoms. The van der Waals surface area contributed by atoms with Crippen molar-refractivity contribution in [2.45, 2.75) is 20.4 Å². The minimum Gasteiger partial charge on any atom is -0.463 e. The Labute approximate surface area is 132 Å². The Morgan fingerprint density at radius 3 is 2.77 bits per heavy atom. The van der Waals surface area contributed by atoms with E-state index < -0.39 is 0 Å². The number of carbonyl (C=O) groups excluding carboxylic acids is 1. The SMILES string of the molecule is Cc1csc(CNC(=O)c2ccc(-c3ccco3)nc2C)n1. The first-order valence-corrected chi connectivity index (χ1v) is 7.72. The molecule has 1 amide bonds. The number of pyridine rings is 1. The van der Waals surface area contributed by atoms with Gasteiger partial charge in [-0.2, -0.15) is 0 Å². The van der Waals surface area contributed by atoms with Gasteiger partial charge in [0.1, 0.15) is 10.7 Å². The minimum atomic E-state index is -0.149. The van der Waals surface area contributed by atoms with Gasteiger partial charge in [-0.1, -0.05) is 0 Å². The second kappa shape index (κ2) is 6.11. The van der Waals surface area contributed by atoms with Crippen LogP contribution in [0.25, 0.3) is 11.5 Å². The Balaban J connectivity index is 1.72. The number of nitrogens with zero attached hydrogens (tertiary/aromatic N) is 2. The highest BCUT2D eigenvalue weighted by molar-refractivity contribution is 7.09. The van der Waals surface area contributed by atoms with Crippen molar-refractivity contribution in [1.29, 1.82) is 0 Å². The van der Waals surface area contributed by atoms with Gasteiger partial charge in [-0.25, -0.2) is 9.97 Å². The maximum Gasteiger partial charge on any atom is 0.253 e. The molecule has 22 heavy (non-hydrogen) atoms. The van der Waals surface area contributed by atoms with Crippen LogP contribution in [0.1, 0.15) is 26.8 Å². The van der Waals surface area contributed by atoms with Gasteiger partial charge >= 0.3 is 0 Å². The van der Waals surface area contributed by atoms with Gasteiger partial charge in [0.05, 0.1) is 24.1 Å². The molecule has 0 unspecified atom stereocenters. The van der Waals surface area contributed by atoms with Crippen LogP contribution in [0.3, 0.4) is 0 Å². The molecule has 0 saturated carbocycles. The van der Waals surface area contributed by atoms with Crippen LogP contribution >= 0.6 is 11.3 Å². The third-order valence-electron chi connectivity index (χ3n) is 3.17. The topological polar surface area (TPSA) is 68.0 Å². The average molecular weight is 313 g/mol. The molecule has 0 aliphatic rings.